The third-order valence-corrected chi connectivity index (χ3v) is 1.87. The molecule has 1 atom stereocenters. The summed E-state index contributed by atoms with van der Waals surface area (Å²) in [5.41, 5.74) is 0.777. The van der Waals surface area contributed by atoms with Crippen molar-refractivity contribution < 1.29 is 9.47 Å². The van der Waals surface area contributed by atoms with Gasteiger partial charge in [-0.05, 0) is 13.0 Å². The van der Waals surface area contributed by atoms with Gasteiger partial charge in [-0.2, -0.15) is 5.26 Å². The number of hydrogen-bond acceptors (Lipinski definition) is 3. The molecule has 0 aliphatic rings. The Bertz CT molecular complexity index is 330. The number of nitriles is 1. The summed E-state index contributed by atoms with van der Waals surface area (Å²) in [6.45, 7) is 2.37. The van der Waals surface area contributed by atoms with Crippen molar-refractivity contribution in [1.29, 1.82) is 5.26 Å². The highest BCUT2D eigenvalue weighted by molar-refractivity contribution is 5.37. The van der Waals surface area contributed by atoms with E-state index >= 15 is 0 Å². The maximum atomic E-state index is 8.90. The van der Waals surface area contributed by atoms with Crippen LogP contribution < -0.4 is 4.74 Å². The number of hydrogen-bond donors (Lipinski definition) is 0. The molecule has 0 fully saturated rings. The summed E-state index contributed by atoms with van der Waals surface area (Å²) in [7, 11) is 1.58. The van der Waals surface area contributed by atoms with Crippen molar-refractivity contribution in [3.63, 3.8) is 0 Å². The van der Waals surface area contributed by atoms with E-state index in [1.165, 1.54) is 0 Å². The molecule has 0 N–H and O–H groups in total. The molecule has 3 heteroatoms. The van der Waals surface area contributed by atoms with Crippen molar-refractivity contribution in [2.24, 2.45) is 0 Å². The van der Waals surface area contributed by atoms with Crippen LogP contribution in [0.4, 0.5) is 0 Å². The van der Waals surface area contributed by atoms with E-state index in [0.717, 1.165) is 5.56 Å². The largest absolute Gasteiger partial charge is 0.496 e. The quantitative estimate of drug-likeness (QED) is 0.733. The Labute approximate surface area is 83.9 Å². The van der Waals surface area contributed by atoms with E-state index in [9.17, 15) is 0 Å². The van der Waals surface area contributed by atoms with Gasteiger partial charge in [-0.15, -0.1) is 0 Å². The fourth-order valence-electron chi connectivity index (χ4n) is 1.25. The fraction of sp³-hybridized carbons (Fsp3) is 0.364. The van der Waals surface area contributed by atoms with E-state index in [-0.39, 0.29) is 0 Å². The summed E-state index contributed by atoms with van der Waals surface area (Å²) in [5.74, 6) is 0.688. The van der Waals surface area contributed by atoms with E-state index in [2.05, 4.69) is 6.07 Å². The van der Waals surface area contributed by atoms with E-state index in [0.29, 0.717) is 12.4 Å². The molecule has 0 aliphatic carbocycles. The van der Waals surface area contributed by atoms with E-state index in [4.69, 9.17) is 14.7 Å². The van der Waals surface area contributed by atoms with E-state index in [1.54, 1.807) is 7.11 Å². The van der Waals surface area contributed by atoms with Crippen molar-refractivity contribution in [2.45, 2.75) is 13.0 Å². The second-order valence-corrected chi connectivity index (χ2v) is 2.71. The Kier molecular flexibility index (Phi) is 3.96. The van der Waals surface area contributed by atoms with Crippen LogP contribution in [0.25, 0.3) is 0 Å². The van der Waals surface area contributed by atoms with Crippen molar-refractivity contribution in [3.05, 3.63) is 29.8 Å². The molecule has 0 aliphatic heterocycles. The number of rotatable bonds is 4. The lowest BCUT2D eigenvalue weighted by Crippen LogP contribution is -2.03. The van der Waals surface area contributed by atoms with Gasteiger partial charge in [0.2, 0.25) is 0 Å². The topological polar surface area (TPSA) is 42.2 Å². The van der Waals surface area contributed by atoms with Crippen LogP contribution in [0.5, 0.6) is 5.75 Å². The third kappa shape index (κ3) is 2.24. The van der Waals surface area contributed by atoms with Gasteiger partial charge in [-0.3, -0.25) is 0 Å². The minimum Gasteiger partial charge on any atom is -0.496 e. The Balaban J connectivity index is 2.97. The average molecular weight is 191 g/mol. The zero-order valence-electron chi connectivity index (χ0n) is 8.36. The molecule has 74 valence electrons. The summed E-state index contributed by atoms with van der Waals surface area (Å²) >= 11 is 0. The molecule has 0 aromatic heterocycles. The molecule has 0 heterocycles. The van der Waals surface area contributed by atoms with Crippen LogP contribution in [0.2, 0.25) is 0 Å². The highest BCUT2D eigenvalue weighted by atomic mass is 16.5. The molecule has 1 unspecified atom stereocenters. The van der Waals surface area contributed by atoms with Crippen LogP contribution in [0.1, 0.15) is 18.6 Å². The number of benzene rings is 1. The van der Waals surface area contributed by atoms with Crippen LogP contribution in [0.3, 0.4) is 0 Å². The SMILES string of the molecule is CCOC(C#N)c1ccccc1OC. The van der Waals surface area contributed by atoms with E-state index in [1.807, 2.05) is 31.2 Å². The lowest BCUT2D eigenvalue weighted by Gasteiger charge is -2.12. The molecule has 0 spiro atoms. The molecule has 14 heavy (non-hydrogen) atoms. The maximum absolute atomic E-state index is 8.90. The predicted molar refractivity (Wildman–Crippen MR) is 53.0 cm³/mol. The monoisotopic (exact) mass is 191 g/mol. The summed E-state index contributed by atoms with van der Waals surface area (Å²) in [6.07, 6.45) is -0.545. The standard InChI is InChI=1S/C11H13NO2/c1-3-14-11(8-12)9-6-4-5-7-10(9)13-2/h4-7,11H,3H2,1-2H3. The molecule has 0 amide bonds. The van der Waals surface area contributed by atoms with Crippen LogP contribution in [-0.2, 0) is 4.74 Å². The minimum atomic E-state index is -0.545. The van der Waals surface area contributed by atoms with Crippen molar-refractivity contribution in [2.75, 3.05) is 13.7 Å². The number of para-hydroxylation sites is 1. The first-order chi connectivity index (χ1) is 6.83. The zero-order chi connectivity index (χ0) is 10.4. The normalized spacial score (nSPS) is 11.8. The Morgan fingerprint density at radius 1 is 1.43 bits per heavy atom. The molecular formula is C11H13NO2. The van der Waals surface area contributed by atoms with Crippen LogP contribution in [0.15, 0.2) is 24.3 Å². The highest BCUT2D eigenvalue weighted by Gasteiger charge is 2.14. The third-order valence-electron chi connectivity index (χ3n) is 1.87. The van der Waals surface area contributed by atoms with Gasteiger partial charge in [0, 0.05) is 12.2 Å². The molecule has 0 saturated carbocycles. The number of ether oxygens (including phenoxy) is 2. The summed E-state index contributed by atoms with van der Waals surface area (Å²) in [5, 5.41) is 8.90. The van der Waals surface area contributed by atoms with Crippen molar-refractivity contribution in [3.8, 4) is 11.8 Å². The Morgan fingerprint density at radius 2 is 2.14 bits per heavy atom. The Hall–Kier alpha value is -1.53. The van der Waals surface area contributed by atoms with E-state index < -0.39 is 6.10 Å². The molecule has 3 nitrogen and oxygen atoms in total. The first-order valence-electron chi connectivity index (χ1n) is 4.47. The second kappa shape index (κ2) is 5.25. The maximum Gasteiger partial charge on any atom is 0.172 e. The van der Waals surface area contributed by atoms with Crippen molar-refractivity contribution in [1.82, 2.24) is 0 Å². The first kappa shape index (κ1) is 10.6. The molecule has 1 aromatic rings. The number of nitrogens with zero attached hydrogens (tertiary/aromatic N) is 1. The summed E-state index contributed by atoms with van der Waals surface area (Å²) in [4.78, 5) is 0. The smallest absolute Gasteiger partial charge is 0.172 e. The zero-order valence-corrected chi connectivity index (χ0v) is 8.36. The van der Waals surface area contributed by atoms with Gasteiger partial charge in [0.1, 0.15) is 5.75 Å². The van der Waals surface area contributed by atoms with Crippen LogP contribution >= 0.6 is 0 Å². The fourth-order valence-corrected chi connectivity index (χ4v) is 1.25. The summed E-state index contributed by atoms with van der Waals surface area (Å²) < 4.78 is 10.4. The predicted octanol–water partition coefficient (Wildman–Crippen LogP) is 2.30. The molecule has 1 rings (SSSR count). The molecule has 0 saturated heterocycles. The van der Waals surface area contributed by atoms with Crippen LogP contribution in [0, 0.1) is 11.3 Å². The van der Waals surface area contributed by atoms with Gasteiger partial charge >= 0.3 is 0 Å². The van der Waals surface area contributed by atoms with Gasteiger partial charge in [0.05, 0.1) is 13.2 Å². The molecule has 1 aromatic carbocycles. The Morgan fingerprint density at radius 3 is 2.71 bits per heavy atom. The lowest BCUT2D eigenvalue weighted by atomic mass is 10.1. The van der Waals surface area contributed by atoms with Crippen molar-refractivity contribution >= 4 is 0 Å². The molecule has 0 bridgehead atoms. The second-order valence-electron chi connectivity index (χ2n) is 2.71. The summed E-state index contributed by atoms with van der Waals surface area (Å²) in [6, 6.07) is 9.47. The van der Waals surface area contributed by atoms with Gasteiger partial charge < -0.3 is 9.47 Å². The van der Waals surface area contributed by atoms with Gasteiger partial charge in [0.15, 0.2) is 6.10 Å². The van der Waals surface area contributed by atoms with Crippen LogP contribution in [-0.4, -0.2) is 13.7 Å². The van der Waals surface area contributed by atoms with Gasteiger partial charge in [-0.25, -0.2) is 0 Å². The van der Waals surface area contributed by atoms with Gasteiger partial charge in [-0.1, -0.05) is 18.2 Å². The lowest BCUT2D eigenvalue weighted by molar-refractivity contribution is 0.0999. The minimum absolute atomic E-state index is 0.510. The highest BCUT2D eigenvalue weighted by Crippen LogP contribution is 2.26. The first-order valence-corrected chi connectivity index (χ1v) is 4.47. The average Bonchev–Trinajstić information content (AvgIpc) is 2.26. The van der Waals surface area contributed by atoms with Gasteiger partial charge in [0.25, 0.3) is 0 Å². The molecule has 0 radical (unpaired) electrons. The number of methoxy groups -OCH3 is 1. The molecular weight excluding hydrogens is 178 g/mol.